The van der Waals surface area contributed by atoms with Crippen LogP contribution in [0.1, 0.15) is 13.8 Å². The van der Waals surface area contributed by atoms with Crippen molar-refractivity contribution in [2.24, 2.45) is 0 Å². The number of ketones is 2. The van der Waals surface area contributed by atoms with Crippen LogP contribution in [0.3, 0.4) is 0 Å². The van der Waals surface area contributed by atoms with Gasteiger partial charge in [0.15, 0.2) is 11.6 Å². The zero-order valence-electron chi connectivity index (χ0n) is 12.4. The van der Waals surface area contributed by atoms with Crippen LogP contribution in [0.2, 0.25) is 0 Å². The van der Waals surface area contributed by atoms with Crippen LogP contribution in [0.25, 0.3) is 0 Å². The Bertz CT molecular complexity index is 665. The summed E-state index contributed by atoms with van der Waals surface area (Å²) in [5, 5.41) is 0. The summed E-state index contributed by atoms with van der Waals surface area (Å²) in [7, 11) is 0. The van der Waals surface area contributed by atoms with Crippen LogP contribution in [-0.4, -0.2) is 23.5 Å². The Hall–Kier alpha value is -2.54. The maximum absolute atomic E-state index is 10.7. The highest BCUT2D eigenvalue weighted by molar-refractivity contribution is 9.10. The monoisotopic (exact) mass is 380 g/mol. The summed E-state index contributed by atoms with van der Waals surface area (Å²) in [6.07, 6.45) is 5.01. The largest absolute Gasteiger partial charge is 0.427 e. The average molecular weight is 381 g/mol. The predicted molar refractivity (Wildman–Crippen MR) is 85.1 cm³/mol. The fourth-order valence-electron chi connectivity index (χ4n) is 1.39. The summed E-state index contributed by atoms with van der Waals surface area (Å²) in [5.74, 6) is -0.268. The normalized spacial score (nSPS) is 12.3. The van der Waals surface area contributed by atoms with E-state index < -0.39 is 11.9 Å². The Balaban J connectivity index is 0.000000277. The van der Waals surface area contributed by atoms with Gasteiger partial charge in [0.05, 0.1) is 4.47 Å². The Morgan fingerprint density at radius 3 is 1.74 bits per heavy atom. The van der Waals surface area contributed by atoms with E-state index in [9.17, 15) is 19.2 Å². The molecule has 2 rings (SSSR count). The van der Waals surface area contributed by atoms with E-state index in [0.717, 1.165) is 0 Å². The van der Waals surface area contributed by atoms with Crippen molar-refractivity contribution in [2.45, 2.75) is 13.8 Å². The Kier molecular flexibility index (Phi) is 7.08. The Morgan fingerprint density at radius 1 is 0.870 bits per heavy atom. The van der Waals surface area contributed by atoms with E-state index in [4.69, 9.17) is 9.47 Å². The molecule has 0 saturated heterocycles. The molecule has 7 heteroatoms. The van der Waals surface area contributed by atoms with Gasteiger partial charge in [-0.1, -0.05) is 0 Å². The van der Waals surface area contributed by atoms with E-state index >= 15 is 0 Å². The first-order valence-corrected chi connectivity index (χ1v) is 7.17. The molecule has 0 fully saturated rings. The standard InChI is InChI=1S/C10H9BrO4.C6H4O2/c1-6(12)14-8-3-4-10(9(11)5-8)15-7(2)13;7-5-1-2-6(8)4-3-5/h3-5H,1-2H3;1-4H. The lowest BCUT2D eigenvalue weighted by molar-refractivity contribution is -0.133. The third kappa shape index (κ3) is 7.32. The maximum Gasteiger partial charge on any atom is 0.308 e. The number of esters is 2. The number of ether oxygens (including phenoxy) is 2. The van der Waals surface area contributed by atoms with Gasteiger partial charge in [-0.15, -0.1) is 0 Å². The average Bonchev–Trinajstić information content (AvgIpc) is 2.45. The fraction of sp³-hybridized carbons (Fsp3) is 0.125. The van der Waals surface area contributed by atoms with Crippen LogP contribution in [0, 0.1) is 0 Å². The van der Waals surface area contributed by atoms with Crippen molar-refractivity contribution in [3.63, 3.8) is 0 Å². The molecule has 0 spiro atoms. The molecule has 6 nitrogen and oxygen atoms in total. The SMILES string of the molecule is CC(=O)Oc1ccc(OC(C)=O)c(Br)c1.O=C1C=CC(=O)C=C1. The molecular formula is C16H13BrO6. The van der Waals surface area contributed by atoms with Gasteiger partial charge in [-0.3, -0.25) is 19.2 Å². The fourth-order valence-corrected chi connectivity index (χ4v) is 1.83. The highest BCUT2D eigenvalue weighted by atomic mass is 79.9. The molecule has 0 aromatic heterocycles. The molecule has 1 aromatic carbocycles. The third-order valence-electron chi connectivity index (χ3n) is 2.24. The molecule has 0 bridgehead atoms. The van der Waals surface area contributed by atoms with Gasteiger partial charge in [0, 0.05) is 13.8 Å². The van der Waals surface area contributed by atoms with E-state index in [0.29, 0.717) is 16.0 Å². The number of rotatable bonds is 2. The second kappa shape index (κ2) is 8.79. The van der Waals surface area contributed by atoms with Crippen LogP contribution in [0.15, 0.2) is 47.0 Å². The van der Waals surface area contributed by atoms with Crippen LogP contribution in [-0.2, 0) is 19.2 Å². The van der Waals surface area contributed by atoms with Crippen molar-refractivity contribution in [1.29, 1.82) is 0 Å². The Morgan fingerprint density at radius 2 is 1.35 bits per heavy atom. The summed E-state index contributed by atoms with van der Waals surface area (Å²) >= 11 is 3.20. The number of carbonyl (C=O) groups excluding carboxylic acids is 4. The molecule has 0 heterocycles. The quantitative estimate of drug-likeness (QED) is 0.445. The topological polar surface area (TPSA) is 86.7 Å². The summed E-state index contributed by atoms with van der Waals surface area (Å²) in [4.78, 5) is 41.9. The molecule has 1 aliphatic carbocycles. The zero-order chi connectivity index (χ0) is 17.4. The van der Waals surface area contributed by atoms with Crippen molar-refractivity contribution in [2.75, 3.05) is 0 Å². The van der Waals surface area contributed by atoms with Crippen molar-refractivity contribution >= 4 is 39.4 Å². The summed E-state index contributed by atoms with van der Waals surface area (Å²) < 4.78 is 10.3. The van der Waals surface area contributed by atoms with Gasteiger partial charge in [0.1, 0.15) is 11.5 Å². The maximum atomic E-state index is 10.7. The third-order valence-corrected chi connectivity index (χ3v) is 2.86. The van der Waals surface area contributed by atoms with Gasteiger partial charge in [0.25, 0.3) is 0 Å². The minimum Gasteiger partial charge on any atom is -0.427 e. The van der Waals surface area contributed by atoms with Gasteiger partial charge >= 0.3 is 11.9 Å². The molecule has 0 radical (unpaired) electrons. The van der Waals surface area contributed by atoms with E-state index in [1.807, 2.05) is 0 Å². The van der Waals surface area contributed by atoms with Crippen molar-refractivity contribution < 1.29 is 28.7 Å². The molecule has 1 aliphatic rings. The van der Waals surface area contributed by atoms with E-state index in [1.165, 1.54) is 38.2 Å². The summed E-state index contributed by atoms with van der Waals surface area (Å²) in [5.41, 5.74) is 0. The summed E-state index contributed by atoms with van der Waals surface area (Å²) in [6.45, 7) is 2.63. The number of benzene rings is 1. The van der Waals surface area contributed by atoms with Gasteiger partial charge in [-0.05, 0) is 58.4 Å². The Labute approximate surface area is 140 Å². The number of carbonyl (C=O) groups is 4. The second-order valence-corrected chi connectivity index (χ2v) is 5.11. The molecule has 0 saturated carbocycles. The minimum atomic E-state index is -0.407. The number of hydrogen-bond acceptors (Lipinski definition) is 6. The first-order valence-electron chi connectivity index (χ1n) is 6.38. The van der Waals surface area contributed by atoms with E-state index in [-0.39, 0.29) is 11.6 Å². The number of hydrogen-bond donors (Lipinski definition) is 0. The first-order chi connectivity index (χ1) is 10.8. The van der Waals surface area contributed by atoms with Crippen molar-refractivity contribution in [1.82, 2.24) is 0 Å². The molecule has 120 valence electrons. The van der Waals surface area contributed by atoms with Gasteiger partial charge in [0.2, 0.25) is 0 Å². The molecule has 1 aromatic rings. The molecule has 0 aliphatic heterocycles. The molecule has 0 unspecified atom stereocenters. The lowest BCUT2D eigenvalue weighted by Crippen LogP contribution is -2.03. The molecule has 0 amide bonds. The van der Waals surface area contributed by atoms with Crippen molar-refractivity contribution in [3.05, 3.63) is 47.0 Å². The zero-order valence-corrected chi connectivity index (χ0v) is 14.0. The van der Waals surface area contributed by atoms with Crippen molar-refractivity contribution in [3.8, 4) is 11.5 Å². The number of allylic oxidation sites excluding steroid dienone is 4. The lowest BCUT2D eigenvalue weighted by Gasteiger charge is -2.06. The lowest BCUT2D eigenvalue weighted by atomic mass is 10.2. The molecule has 0 atom stereocenters. The first kappa shape index (κ1) is 18.5. The highest BCUT2D eigenvalue weighted by Gasteiger charge is 2.06. The number of halogens is 1. The summed E-state index contributed by atoms with van der Waals surface area (Å²) in [6, 6.07) is 4.65. The van der Waals surface area contributed by atoms with Gasteiger partial charge in [-0.25, -0.2) is 0 Å². The second-order valence-electron chi connectivity index (χ2n) is 4.25. The molecule has 23 heavy (non-hydrogen) atoms. The van der Waals surface area contributed by atoms with E-state index in [1.54, 1.807) is 18.2 Å². The van der Waals surface area contributed by atoms with Crippen LogP contribution >= 0.6 is 15.9 Å². The molecule has 0 N–H and O–H groups in total. The predicted octanol–water partition coefficient (Wildman–Crippen LogP) is 2.55. The van der Waals surface area contributed by atoms with Crippen LogP contribution < -0.4 is 9.47 Å². The van der Waals surface area contributed by atoms with Gasteiger partial charge in [-0.2, -0.15) is 0 Å². The van der Waals surface area contributed by atoms with E-state index in [2.05, 4.69) is 15.9 Å². The molecular weight excluding hydrogens is 368 g/mol. The van der Waals surface area contributed by atoms with Crippen LogP contribution in [0.4, 0.5) is 0 Å². The minimum absolute atomic E-state index is 0.121. The van der Waals surface area contributed by atoms with Crippen LogP contribution in [0.5, 0.6) is 11.5 Å². The smallest absolute Gasteiger partial charge is 0.308 e. The van der Waals surface area contributed by atoms with Gasteiger partial charge < -0.3 is 9.47 Å². The highest BCUT2D eigenvalue weighted by Crippen LogP contribution is 2.29.